The van der Waals surface area contributed by atoms with E-state index in [1.54, 1.807) is 0 Å². The quantitative estimate of drug-likeness (QED) is 0.735. The average molecular weight is 392 g/mol. The summed E-state index contributed by atoms with van der Waals surface area (Å²) in [6.45, 7) is 0.737. The highest BCUT2D eigenvalue weighted by Gasteiger charge is 2.38. The van der Waals surface area contributed by atoms with Gasteiger partial charge >= 0.3 is 12.4 Å². The maximum absolute atomic E-state index is 13.3. The van der Waals surface area contributed by atoms with Gasteiger partial charge in [-0.3, -0.25) is 0 Å². The largest absolute Gasteiger partial charge is 0.433 e. The second kappa shape index (κ2) is 7.27. The van der Waals surface area contributed by atoms with Gasteiger partial charge in [0, 0.05) is 11.4 Å². The number of halogens is 6. The summed E-state index contributed by atoms with van der Waals surface area (Å²) in [5, 5.41) is 13.6. The maximum atomic E-state index is 13.3. The molecule has 0 unspecified atom stereocenters. The number of piperidine rings is 1. The molecule has 0 amide bonds. The van der Waals surface area contributed by atoms with Crippen molar-refractivity contribution in [3.05, 3.63) is 41.1 Å². The number of alkyl halides is 6. The van der Waals surface area contributed by atoms with Crippen molar-refractivity contribution in [1.82, 2.24) is 10.3 Å². The van der Waals surface area contributed by atoms with Crippen LogP contribution in [0.5, 0.6) is 0 Å². The number of pyridine rings is 1. The zero-order chi connectivity index (χ0) is 19.8. The van der Waals surface area contributed by atoms with Crippen LogP contribution in [0.1, 0.15) is 48.6 Å². The highest BCUT2D eigenvalue weighted by atomic mass is 19.4. The van der Waals surface area contributed by atoms with Crippen LogP contribution < -0.4 is 5.32 Å². The third-order valence-corrected chi connectivity index (χ3v) is 4.75. The second-order valence-corrected chi connectivity index (χ2v) is 6.69. The van der Waals surface area contributed by atoms with Crippen LogP contribution in [0.25, 0.3) is 10.9 Å². The Morgan fingerprint density at radius 1 is 1.11 bits per heavy atom. The molecule has 0 spiro atoms. The Morgan fingerprint density at radius 2 is 1.85 bits per heavy atom. The van der Waals surface area contributed by atoms with Crippen LogP contribution in [0.3, 0.4) is 0 Å². The first-order valence-electron chi connectivity index (χ1n) is 8.57. The molecule has 2 N–H and O–H groups in total. The van der Waals surface area contributed by atoms with Crippen molar-refractivity contribution in [2.75, 3.05) is 6.54 Å². The Labute approximate surface area is 151 Å². The zero-order valence-corrected chi connectivity index (χ0v) is 14.2. The van der Waals surface area contributed by atoms with E-state index in [1.165, 1.54) is 6.07 Å². The molecule has 9 heteroatoms. The van der Waals surface area contributed by atoms with E-state index in [9.17, 15) is 31.4 Å². The first-order valence-corrected chi connectivity index (χ1v) is 8.57. The number of benzene rings is 1. The van der Waals surface area contributed by atoms with Crippen molar-refractivity contribution < 1.29 is 31.4 Å². The summed E-state index contributed by atoms with van der Waals surface area (Å²) < 4.78 is 79.4. The number of aliphatic hydroxyl groups excluding tert-OH is 1. The Hall–Kier alpha value is -1.87. The van der Waals surface area contributed by atoms with E-state index in [0.29, 0.717) is 12.1 Å². The number of aromatic nitrogens is 1. The summed E-state index contributed by atoms with van der Waals surface area (Å²) in [5.74, 6) is 0. The molecule has 148 valence electrons. The van der Waals surface area contributed by atoms with E-state index in [1.807, 2.05) is 0 Å². The number of aliphatic hydroxyl groups is 1. The summed E-state index contributed by atoms with van der Waals surface area (Å²) in [4.78, 5) is 3.23. The lowest BCUT2D eigenvalue weighted by Crippen LogP contribution is -2.35. The van der Waals surface area contributed by atoms with Crippen molar-refractivity contribution in [2.24, 2.45) is 0 Å². The molecule has 0 radical (unpaired) electrons. The van der Waals surface area contributed by atoms with E-state index in [2.05, 4.69) is 10.3 Å². The molecular formula is C18H18F6N2O. The summed E-state index contributed by atoms with van der Waals surface area (Å²) in [6.07, 6.45) is -8.36. The fraction of sp³-hybridized carbons (Fsp3) is 0.500. The SMILES string of the molecule is O[C@H](C[C@H]1CCCCN1)c1cc(C(F)(F)F)nc2c(C(F)(F)F)cccc12. The molecule has 27 heavy (non-hydrogen) atoms. The summed E-state index contributed by atoms with van der Waals surface area (Å²) >= 11 is 0. The van der Waals surface area contributed by atoms with E-state index >= 15 is 0 Å². The number of hydrogen-bond donors (Lipinski definition) is 2. The first-order chi connectivity index (χ1) is 12.6. The molecule has 0 aliphatic carbocycles. The van der Waals surface area contributed by atoms with Crippen molar-refractivity contribution in [3.8, 4) is 0 Å². The highest BCUT2D eigenvalue weighted by molar-refractivity contribution is 5.86. The lowest BCUT2D eigenvalue weighted by molar-refractivity contribution is -0.142. The van der Waals surface area contributed by atoms with Gasteiger partial charge in [-0.1, -0.05) is 18.6 Å². The number of nitrogens with one attached hydrogen (secondary N) is 1. The Morgan fingerprint density at radius 3 is 2.44 bits per heavy atom. The van der Waals surface area contributed by atoms with Gasteiger partial charge in [-0.05, 0) is 43.5 Å². The van der Waals surface area contributed by atoms with Crippen LogP contribution in [0.2, 0.25) is 0 Å². The van der Waals surface area contributed by atoms with Gasteiger partial charge in [0.1, 0.15) is 5.69 Å². The minimum atomic E-state index is -4.93. The lowest BCUT2D eigenvalue weighted by atomic mass is 9.93. The van der Waals surface area contributed by atoms with Crippen LogP contribution >= 0.6 is 0 Å². The normalized spacial score (nSPS) is 20.0. The van der Waals surface area contributed by atoms with Gasteiger partial charge in [0.05, 0.1) is 17.2 Å². The Kier molecular flexibility index (Phi) is 5.36. The van der Waals surface area contributed by atoms with Gasteiger partial charge in [0.15, 0.2) is 0 Å². The van der Waals surface area contributed by atoms with Crippen molar-refractivity contribution in [3.63, 3.8) is 0 Å². The number of hydrogen-bond acceptors (Lipinski definition) is 3. The van der Waals surface area contributed by atoms with E-state index in [4.69, 9.17) is 0 Å². The van der Waals surface area contributed by atoms with Crippen molar-refractivity contribution in [1.29, 1.82) is 0 Å². The zero-order valence-electron chi connectivity index (χ0n) is 14.2. The fourth-order valence-corrected chi connectivity index (χ4v) is 3.45. The maximum Gasteiger partial charge on any atom is 0.433 e. The van der Waals surface area contributed by atoms with Gasteiger partial charge < -0.3 is 10.4 Å². The van der Waals surface area contributed by atoms with Crippen LogP contribution in [0.4, 0.5) is 26.3 Å². The van der Waals surface area contributed by atoms with Gasteiger partial charge in [0.2, 0.25) is 0 Å². The molecule has 3 nitrogen and oxygen atoms in total. The number of fused-ring (bicyclic) bond motifs is 1. The van der Waals surface area contributed by atoms with E-state index < -0.39 is 35.2 Å². The van der Waals surface area contributed by atoms with Gasteiger partial charge in [0.25, 0.3) is 0 Å². The molecule has 1 saturated heterocycles. The molecule has 2 aromatic rings. The van der Waals surface area contributed by atoms with Gasteiger partial charge in [-0.2, -0.15) is 26.3 Å². The van der Waals surface area contributed by atoms with Gasteiger partial charge in [-0.25, -0.2) is 4.98 Å². The van der Waals surface area contributed by atoms with Crippen LogP contribution in [0.15, 0.2) is 24.3 Å². The molecule has 1 aromatic heterocycles. The van der Waals surface area contributed by atoms with Crippen LogP contribution in [0, 0.1) is 0 Å². The monoisotopic (exact) mass is 392 g/mol. The summed E-state index contributed by atoms with van der Waals surface area (Å²) in [5.41, 5.74) is -3.69. The minimum Gasteiger partial charge on any atom is -0.388 e. The summed E-state index contributed by atoms with van der Waals surface area (Å²) in [6, 6.07) is 3.60. The second-order valence-electron chi connectivity index (χ2n) is 6.69. The highest BCUT2D eigenvalue weighted by Crippen LogP contribution is 2.39. The predicted octanol–water partition coefficient (Wildman–Crippen LogP) is 4.84. The Bertz CT molecular complexity index is 812. The molecule has 3 rings (SSSR count). The third-order valence-electron chi connectivity index (χ3n) is 4.75. The number of para-hydroxylation sites is 1. The van der Waals surface area contributed by atoms with E-state index in [0.717, 1.165) is 31.9 Å². The molecule has 0 bridgehead atoms. The average Bonchev–Trinajstić information content (AvgIpc) is 2.59. The molecule has 1 aliphatic heterocycles. The fourth-order valence-electron chi connectivity index (χ4n) is 3.45. The third kappa shape index (κ3) is 4.35. The van der Waals surface area contributed by atoms with Crippen molar-refractivity contribution >= 4 is 10.9 Å². The van der Waals surface area contributed by atoms with E-state index in [-0.39, 0.29) is 23.4 Å². The van der Waals surface area contributed by atoms with Crippen LogP contribution in [-0.2, 0) is 12.4 Å². The number of rotatable bonds is 3. The van der Waals surface area contributed by atoms with Crippen LogP contribution in [-0.4, -0.2) is 22.7 Å². The first kappa shape index (κ1) is 19.9. The standard InChI is InChI=1S/C18H18F6N2O/c19-17(20,21)13-6-3-5-11-12(9-15(18(22,23)24)26-16(11)13)14(27)8-10-4-1-2-7-25-10/h3,5-6,9-10,14,25,27H,1-2,4,7-8H2/t10-,14-/m1/s1. The lowest BCUT2D eigenvalue weighted by Gasteiger charge is -2.26. The topological polar surface area (TPSA) is 45.1 Å². The smallest absolute Gasteiger partial charge is 0.388 e. The molecule has 1 aromatic carbocycles. The molecule has 2 atom stereocenters. The molecule has 1 aliphatic rings. The molecule has 1 fully saturated rings. The minimum absolute atomic E-state index is 0.0999. The molecule has 0 saturated carbocycles. The summed E-state index contributed by atoms with van der Waals surface area (Å²) in [7, 11) is 0. The Balaban J connectivity index is 2.12. The van der Waals surface area contributed by atoms with Crippen molar-refractivity contribution in [2.45, 2.75) is 50.2 Å². The molecule has 2 heterocycles. The molecular weight excluding hydrogens is 374 g/mol. The van der Waals surface area contributed by atoms with Gasteiger partial charge in [-0.15, -0.1) is 0 Å². The number of nitrogens with zero attached hydrogens (tertiary/aromatic N) is 1. The predicted molar refractivity (Wildman–Crippen MR) is 87.0 cm³/mol.